The maximum atomic E-state index is 5.44. The Morgan fingerprint density at radius 2 is 1.96 bits per heavy atom. The lowest BCUT2D eigenvalue weighted by molar-refractivity contribution is 0.412. The molecule has 0 amide bonds. The molecule has 2 N–H and O–H groups in total. The summed E-state index contributed by atoms with van der Waals surface area (Å²) in [6.07, 6.45) is 3.76. The SMILES string of the molecule is CNc1cc(C)nc(Nc2ccc(OC)c(-n3cc(C)cn3)c2)n1. The van der Waals surface area contributed by atoms with Crippen LogP contribution in [0.4, 0.5) is 17.5 Å². The van der Waals surface area contributed by atoms with Crippen LogP contribution in [0.5, 0.6) is 5.75 Å². The van der Waals surface area contributed by atoms with Crippen molar-refractivity contribution >= 4 is 17.5 Å². The average Bonchev–Trinajstić information content (AvgIpc) is 3.00. The summed E-state index contributed by atoms with van der Waals surface area (Å²) in [7, 11) is 3.47. The van der Waals surface area contributed by atoms with E-state index in [-0.39, 0.29) is 0 Å². The second kappa shape index (κ2) is 6.57. The van der Waals surface area contributed by atoms with E-state index in [2.05, 4.69) is 25.7 Å². The van der Waals surface area contributed by atoms with Gasteiger partial charge in [0.25, 0.3) is 0 Å². The normalized spacial score (nSPS) is 10.5. The highest BCUT2D eigenvalue weighted by molar-refractivity contribution is 5.62. The van der Waals surface area contributed by atoms with Gasteiger partial charge in [-0.15, -0.1) is 0 Å². The number of rotatable bonds is 5. The summed E-state index contributed by atoms with van der Waals surface area (Å²) in [4.78, 5) is 8.82. The number of anilines is 3. The van der Waals surface area contributed by atoms with Crippen molar-refractivity contribution in [2.75, 3.05) is 24.8 Å². The molecule has 2 aromatic heterocycles. The van der Waals surface area contributed by atoms with E-state index in [4.69, 9.17) is 4.74 Å². The molecular weight excluding hydrogens is 304 g/mol. The summed E-state index contributed by atoms with van der Waals surface area (Å²) in [6, 6.07) is 7.65. The van der Waals surface area contributed by atoms with Gasteiger partial charge in [-0.3, -0.25) is 0 Å². The van der Waals surface area contributed by atoms with E-state index in [1.807, 2.05) is 57.6 Å². The Morgan fingerprint density at radius 3 is 2.62 bits per heavy atom. The quantitative estimate of drug-likeness (QED) is 0.751. The Labute approximate surface area is 140 Å². The minimum absolute atomic E-state index is 0.534. The van der Waals surface area contributed by atoms with Gasteiger partial charge in [-0.05, 0) is 37.6 Å². The number of nitrogens with zero attached hydrogens (tertiary/aromatic N) is 4. The van der Waals surface area contributed by atoms with Crippen LogP contribution >= 0.6 is 0 Å². The topological polar surface area (TPSA) is 76.9 Å². The molecule has 0 fully saturated rings. The van der Waals surface area contributed by atoms with E-state index in [1.165, 1.54) is 0 Å². The van der Waals surface area contributed by atoms with Crippen LogP contribution in [-0.4, -0.2) is 33.9 Å². The molecular formula is C17H20N6O. The van der Waals surface area contributed by atoms with Crippen LogP contribution in [0, 0.1) is 13.8 Å². The van der Waals surface area contributed by atoms with E-state index in [9.17, 15) is 0 Å². The predicted octanol–water partition coefficient (Wildman–Crippen LogP) is 3.07. The van der Waals surface area contributed by atoms with Crippen molar-refractivity contribution in [2.45, 2.75) is 13.8 Å². The van der Waals surface area contributed by atoms with Crippen molar-refractivity contribution in [3.8, 4) is 11.4 Å². The summed E-state index contributed by atoms with van der Waals surface area (Å²) in [5.41, 5.74) is 3.66. The van der Waals surface area contributed by atoms with E-state index in [1.54, 1.807) is 11.8 Å². The molecule has 0 atom stereocenters. The fourth-order valence-corrected chi connectivity index (χ4v) is 2.37. The second-order valence-corrected chi connectivity index (χ2v) is 5.44. The van der Waals surface area contributed by atoms with Crippen LogP contribution in [0.3, 0.4) is 0 Å². The standard InChI is InChI=1S/C17H20N6O/c1-11-9-19-23(10-11)14-8-13(5-6-15(14)24-4)21-17-20-12(2)7-16(18-3)22-17/h5-10H,1-4H3,(H2,18,20,21,22). The highest BCUT2D eigenvalue weighted by Gasteiger charge is 2.09. The van der Waals surface area contributed by atoms with Gasteiger partial charge in [0.2, 0.25) is 5.95 Å². The number of nitrogens with one attached hydrogen (secondary N) is 2. The molecule has 2 heterocycles. The first-order chi connectivity index (χ1) is 11.6. The fraction of sp³-hybridized carbons (Fsp3) is 0.235. The lowest BCUT2D eigenvalue weighted by Gasteiger charge is -2.12. The number of benzene rings is 1. The fourth-order valence-electron chi connectivity index (χ4n) is 2.37. The highest BCUT2D eigenvalue weighted by Crippen LogP contribution is 2.27. The van der Waals surface area contributed by atoms with Crippen molar-refractivity contribution in [1.29, 1.82) is 0 Å². The van der Waals surface area contributed by atoms with Crippen molar-refractivity contribution < 1.29 is 4.74 Å². The van der Waals surface area contributed by atoms with Gasteiger partial charge in [-0.25, -0.2) is 9.67 Å². The van der Waals surface area contributed by atoms with E-state index in [0.29, 0.717) is 5.95 Å². The van der Waals surface area contributed by atoms with Crippen LogP contribution in [0.15, 0.2) is 36.7 Å². The van der Waals surface area contributed by atoms with E-state index >= 15 is 0 Å². The van der Waals surface area contributed by atoms with Gasteiger partial charge < -0.3 is 15.4 Å². The molecule has 24 heavy (non-hydrogen) atoms. The zero-order valence-electron chi connectivity index (χ0n) is 14.2. The molecule has 0 radical (unpaired) electrons. The average molecular weight is 324 g/mol. The van der Waals surface area contributed by atoms with Crippen molar-refractivity contribution in [3.05, 3.63) is 47.9 Å². The molecule has 0 unspecified atom stereocenters. The molecule has 3 rings (SSSR count). The predicted molar refractivity (Wildman–Crippen MR) is 94.5 cm³/mol. The second-order valence-electron chi connectivity index (χ2n) is 5.44. The van der Waals surface area contributed by atoms with Crippen molar-refractivity contribution in [3.63, 3.8) is 0 Å². The summed E-state index contributed by atoms with van der Waals surface area (Å²) >= 11 is 0. The maximum absolute atomic E-state index is 5.44. The minimum Gasteiger partial charge on any atom is -0.494 e. The molecule has 0 aliphatic rings. The third kappa shape index (κ3) is 3.29. The molecule has 0 aliphatic carbocycles. The smallest absolute Gasteiger partial charge is 0.229 e. The Bertz CT molecular complexity index is 858. The molecule has 3 aromatic rings. The Kier molecular flexibility index (Phi) is 4.33. The van der Waals surface area contributed by atoms with Gasteiger partial charge in [0.05, 0.1) is 13.3 Å². The number of aromatic nitrogens is 4. The highest BCUT2D eigenvalue weighted by atomic mass is 16.5. The molecule has 7 heteroatoms. The van der Waals surface area contributed by atoms with Crippen molar-refractivity contribution in [1.82, 2.24) is 19.7 Å². The Balaban J connectivity index is 1.96. The molecule has 1 aromatic carbocycles. The third-order valence-corrected chi connectivity index (χ3v) is 3.50. The number of ether oxygens (including phenoxy) is 1. The van der Waals surface area contributed by atoms with Crippen LogP contribution in [0.2, 0.25) is 0 Å². The first kappa shape index (κ1) is 15.8. The molecule has 124 valence electrons. The first-order valence-electron chi connectivity index (χ1n) is 7.59. The molecule has 0 spiro atoms. The monoisotopic (exact) mass is 324 g/mol. The van der Waals surface area contributed by atoms with Gasteiger partial charge in [0, 0.05) is 30.7 Å². The number of hydrogen-bond donors (Lipinski definition) is 2. The van der Waals surface area contributed by atoms with Crippen LogP contribution in [0.1, 0.15) is 11.3 Å². The number of methoxy groups -OCH3 is 1. The largest absolute Gasteiger partial charge is 0.494 e. The molecule has 0 saturated carbocycles. The van der Waals surface area contributed by atoms with Gasteiger partial charge in [0.1, 0.15) is 17.3 Å². The van der Waals surface area contributed by atoms with Gasteiger partial charge in [0.15, 0.2) is 0 Å². The summed E-state index contributed by atoms with van der Waals surface area (Å²) < 4.78 is 7.23. The van der Waals surface area contributed by atoms with Crippen LogP contribution in [-0.2, 0) is 0 Å². The van der Waals surface area contributed by atoms with Gasteiger partial charge in [-0.2, -0.15) is 10.1 Å². The third-order valence-electron chi connectivity index (χ3n) is 3.50. The molecule has 0 saturated heterocycles. The minimum atomic E-state index is 0.534. The lowest BCUT2D eigenvalue weighted by Crippen LogP contribution is -2.04. The lowest BCUT2D eigenvalue weighted by atomic mass is 10.2. The van der Waals surface area contributed by atoms with E-state index < -0.39 is 0 Å². The van der Waals surface area contributed by atoms with Gasteiger partial charge in [-0.1, -0.05) is 0 Å². The Morgan fingerprint density at radius 1 is 1.12 bits per heavy atom. The van der Waals surface area contributed by atoms with Crippen LogP contribution < -0.4 is 15.4 Å². The maximum Gasteiger partial charge on any atom is 0.229 e. The van der Waals surface area contributed by atoms with E-state index in [0.717, 1.165) is 34.2 Å². The Hall–Kier alpha value is -3.09. The van der Waals surface area contributed by atoms with Crippen LogP contribution in [0.25, 0.3) is 5.69 Å². The van der Waals surface area contributed by atoms with Gasteiger partial charge >= 0.3 is 0 Å². The summed E-state index contributed by atoms with van der Waals surface area (Å²) in [6.45, 7) is 3.93. The first-order valence-corrected chi connectivity index (χ1v) is 7.59. The zero-order valence-corrected chi connectivity index (χ0v) is 14.2. The number of aryl methyl sites for hydroxylation is 2. The molecule has 0 bridgehead atoms. The molecule has 0 aliphatic heterocycles. The van der Waals surface area contributed by atoms with Crippen molar-refractivity contribution in [2.24, 2.45) is 0 Å². The molecule has 7 nitrogen and oxygen atoms in total. The summed E-state index contributed by atoms with van der Waals surface area (Å²) in [5.74, 6) is 2.04. The summed E-state index contributed by atoms with van der Waals surface area (Å²) in [5, 5.41) is 10.6. The zero-order chi connectivity index (χ0) is 17.1. The number of hydrogen-bond acceptors (Lipinski definition) is 6.